The lowest BCUT2D eigenvalue weighted by molar-refractivity contribution is 0.454. The largest absolute Gasteiger partial charge is 0.323 e. The van der Waals surface area contributed by atoms with Gasteiger partial charge in [0.15, 0.2) is 0 Å². The Bertz CT molecular complexity index is 448. The summed E-state index contributed by atoms with van der Waals surface area (Å²) in [5, 5.41) is 0. The second kappa shape index (κ2) is 6.84. The van der Waals surface area contributed by atoms with Crippen LogP contribution < -0.4 is 10.5 Å². The molecular weight excluding hydrogens is 250 g/mol. The number of hydrogen-bond acceptors (Lipinski definition) is 3. The Hall–Kier alpha value is -0.950. The summed E-state index contributed by atoms with van der Waals surface area (Å²) in [6.45, 7) is 2.62. The first-order valence-electron chi connectivity index (χ1n) is 5.99. The van der Waals surface area contributed by atoms with Crippen LogP contribution in [-0.4, -0.2) is 32.9 Å². The maximum atomic E-state index is 11.8. The predicted octanol–water partition coefficient (Wildman–Crippen LogP) is 0.863. The molecule has 1 unspecified atom stereocenters. The standard InChI is InChI=1S/C12H21N3O2S/c1-3-9-15(2)18(16,17)14-10-12(13)11-7-5-4-6-8-11/h4-8,12,14H,3,9-10,13H2,1-2H3. The third-order valence-electron chi connectivity index (χ3n) is 2.66. The van der Waals surface area contributed by atoms with Crippen LogP contribution in [0.15, 0.2) is 30.3 Å². The van der Waals surface area contributed by atoms with Gasteiger partial charge in [-0.25, -0.2) is 4.72 Å². The third kappa shape index (κ3) is 4.38. The van der Waals surface area contributed by atoms with E-state index in [4.69, 9.17) is 5.73 Å². The molecule has 1 rings (SSSR count). The van der Waals surface area contributed by atoms with Crippen LogP contribution in [0.2, 0.25) is 0 Å². The maximum Gasteiger partial charge on any atom is 0.279 e. The van der Waals surface area contributed by atoms with Gasteiger partial charge in [0, 0.05) is 26.2 Å². The first-order valence-corrected chi connectivity index (χ1v) is 7.43. The Morgan fingerprint density at radius 2 is 1.94 bits per heavy atom. The van der Waals surface area contributed by atoms with Crippen molar-refractivity contribution in [3.8, 4) is 0 Å². The molecule has 18 heavy (non-hydrogen) atoms. The van der Waals surface area contributed by atoms with Crippen LogP contribution in [0.4, 0.5) is 0 Å². The van der Waals surface area contributed by atoms with Crippen LogP contribution in [0.1, 0.15) is 24.9 Å². The van der Waals surface area contributed by atoms with Gasteiger partial charge in [0.05, 0.1) is 0 Å². The average molecular weight is 271 g/mol. The molecular formula is C12H21N3O2S. The highest BCUT2D eigenvalue weighted by atomic mass is 32.2. The van der Waals surface area contributed by atoms with Crippen LogP contribution >= 0.6 is 0 Å². The summed E-state index contributed by atoms with van der Waals surface area (Å²) in [5.41, 5.74) is 6.85. The van der Waals surface area contributed by atoms with Crippen LogP contribution in [-0.2, 0) is 10.2 Å². The van der Waals surface area contributed by atoms with E-state index in [1.165, 1.54) is 4.31 Å². The van der Waals surface area contributed by atoms with E-state index >= 15 is 0 Å². The van der Waals surface area contributed by atoms with E-state index in [0.717, 1.165) is 12.0 Å². The van der Waals surface area contributed by atoms with Gasteiger partial charge in [-0.1, -0.05) is 37.3 Å². The van der Waals surface area contributed by atoms with Crippen LogP contribution in [0.3, 0.4) is 0 Å². The molecule has 102 valence electrons. The number of rotatable bonds is 7. The minimum atomic E-state index is -3.42. The lowest BCUT2D eigenvalue weighted by Gasteiger charge is -2.19. The fraction of sp³-hybridized carbons (Fsp3) is 0.500. The van der Waals surface area contributed by atoms with E-state index < -0.39 is 10.2 Å². The van der Waals surface area contributed by atoms with Gasteiger partial charge in [0.2, 0.25) is 0 Å². The van der Waals surface area contributed by atoms with Crippen LogP contribution in [0, 0.1) is 0 Å². The average Bonchev–Trinajstić information content (AvgIpc) is 2.37. The Kier molecular flexibility index (Phi) is 5.74. The van der Waals surface area contributed by atoms with Crippen molar-refractivity contribution < 1.29 is 8.42 Å². The molecule has 0 bridgehead atoms. The maximum absolute atomic E-state index is 11.8. The number of nitrogens with zero attached hydrogens (tertiary/aromatic N) is 1. The van der Waals surface area contributed by atoms with E-state index in [1.54, 1.807) is 7.05 Å². The molecule has 0 saturated heterocycles. The van der Waals surface area contributed by atoms with E-state index in [9.17, 15) is 8.42 Å². The molecule has 0 heterocycles. The molecule has 0 fully saturated rings. The molecule has 1 aromatic carbocycles. The van der Waals surface area contributed by atoms with E-state index in [1.807, 2.05) is 37.3 Å². The number of benzene rings is 1. The smallest absolute Gasteiger partial charge is 0.279 e. The zero-order chi connectivity index (χ0) is 13.6. The van der Waals surface area contributed by atoms with Gasteiger partial charge in [-0.3, -0.25) is 0 Å². The second-order valence-corrected chi connectivity index (χ2v) is 6.05. The second-order valence-electron chi connectivity index (χ2n) is 4.19. The van der Waals surface area contributed by atoms with Crippen molar-refractivity contribution in [2.24, 2.45) is 5.73 Å². The molecule has 0 aliphatic heterocycles. The molecule has 3 N–H and O–H groups in total. The number of nitrogens with two attached hydrogens (primary N) is 1. The normalized spacial score (nSPS) is 13.8. The van der Waals surface area contributed by atoms with Crippen LogP contribution in [0.5, 0.6) is 0 Å². The molecule has 5 nitrogen and oxygen atoms in total. The highest BCUT2D eigenvalue weighted by Gasteiger charge is 2.17. The molecule has 0 aliphatic carbocycles. The Morgan fingerprint density at radius 3 is 2.50 bits per heavy atom. The first-order chi connectivity index (χ1) is 8.47. The van der Waals surface area contributed by atoms with Crippen molar-refractivity contribution in [3.05, 3.63) is 35.9 Å². The minimum absolute atomic E-state index is 0.195. The van der Waals surface area contributed by atoms with Gasteiger partial charge in [-0.2, -0.15) is 12.7 Å². The van der Waals surface area contributed by atoms with Crippen molar-refractivity contribution >= 4 is 10.2 Å². The van der Waals surface area contributed by atoms with E-state index in [-0.39, 0.29) is 12.6 Å². The highest BCUT2D eigenvalue weighted by molar-refractivity contribution is 7.87. The molecule has 0 amide bonds. The van der Waals surface area contributed by atoms with Crippen molar-refractivity contribution in [1.82, 2.24) is 9.03 Å². The van der Waals surface area contributed by atoms with Gasteiger partial charge in [-0.05, 0) is 12.0 Å². The molecule has 0 aromatic heterocycles. The molecule has 0 spiro atoms. The lowest BCUT2D eigenvalue weighted by atomic mass is 10.1. The zero-order valence-corrected chi connectivity index (χ0v) is 11.7. The summed E-state index contributed by atoms with van der Waals surface area (Å²) in [7, 11) is -1.87. The summed E-state index contributed by atoms with van der Waals surface area (Å²) in [5.74, 6) is 0. The predicted molar refractivity (Wildman–Crippen MR) is 73.2 cm³/mol. The number of hydrogen-bond donors (Lipinski definition) is 2. The SMILES string of the molecule is CCCN(C)S(=O)(=O)NCC(N)c1ccccc1. The zero-order valence-electron chi connectivity index (χ0n) is 10.8. The van der Waals surface area contributed by atoms with Crippen molar-refractivity contribution in [2.75, 3.05) is 20.1 Å². The van der Waals surface area contributed by atoms with Crippen LogP contribution in [0.25, 0.3) is 0 Å². The summed E-state index contributed by atoms with van der Waals surface area (Å²) < 4.78 is 27.4. The lowest BCUT2D eigenvalue weighted by Crippen LogP contribution is -2.41. The molecule has 1 aromatic rings. The van der Waals surface area contributed by atoms with Gasteiger partial charge < -0.3 is 5.73 Å². The van der Waals surface area contributed by atoms with E-state index in [0.29, 0.717) is 6.54 Å². The summed E-state index contributed by atoms with van der Waals surface area (Å²) >= 11 is 0. The van der Waals surface area contributed by atoms with Crippen molar-refractivity contribution in [3.63, 3.8) is 0 Å². The molecule has 0 saturated carbocycles. The van der Waals surface area contributed by atoms with Gasteiger partial charge in [-0.15, -0.1) is 0 Å². The van der Waals surface area contributed by atoms with Gasteiger partial charge in [0.1, 0.15) is 0 Å². The summed E-state index contributed by atoms with van der Waals surface area (Å²) in [4.78, 5) is 0. The Labute approximate surface area is 109 Å². The third-order valence-corrected chi connectivity index (χ3v) is 4.20. The van der Waals surface area contributed by atoms with Crippen molar-refractivity contribution in [1.29, 1.82) is 0 Å². The molecule has 6 heteroatoms. The summed E-state index contributed by atoms with van der Waals surface area (Å²) in [6.07, 6.45) is 0.780. The van der Waals surface area contributed by atoms with Gasteiger partial charge >= 0.3 is 0 Å². The molecule has 0 aliphatic rings. The fourth-order valence-electron chi connectivity index (χ4n) is 1.56. The number of nitrogens with one attached hydrogen (secondary N) is 1. The molecule has 1 atom stereocenters. The Balaban J connectivity index is 2.55. The first kappa shape index (κ1) is 15.1. The summed E-state index contributed by atoms with van der Waals surface area (Å²) in [6, 6.07) is 9.09. The fourth-order valence-corrected chi connectivity index (χ4v) is 2.59. The Morgan fingerprint density at radius 1 is 1.33 bits per heavy atom. The van der Waals surface area contributed by atoms with Gasteiger partial charge in [0.25, 0.3) is 10.2 Å². The van der Waals surface area contributed by atoms with E-state index in [2.05, 4.69) is 4.72 Å². The molecule has 0 radical (unpaired) electrons. The highest BCUT2D eigenvalue weighted by Crippen LogP contribution is 2.08. The minimum Gasteiger partial charge on any atom is -0.323 e. The van der Waals surface area contributed by atoms with Crippen molar-refractivity contribution in [2.45, 2.75) is 19.4 Å². The monoisotopic (exact) mass is 271 g/mol. The topological polar surface area (TPSA) is 75.4 Å². The quantitative estimate of drug-likeness (QED) is 0.772.